The molecule has 0 aliphatic rings. The zero-order valence-electron chi connectivity index (χ0n) is 12.8. The van der Waals surface area contributed by atoms with Crippen molar-refractivity contribution < 1.29 is 9.53 Å². The van der Waals surface area contributed by atoms with E-state index in [4.69, 9.17) is 16.3 Å². The first-order valence-corrected chi connectivity index (χ1v) is 7.57. The van der Waals surface area contributed by atoms with Crippen molar-refractivity contribution in [2.75, 3.05) is 19.6 Å². The second kappa shape index (κ2) is 8.28. The van der Waals surface area contributed by atoms with Crippen LogP contribution in [0.2, 0.25) is 5.02 Å². The van der Waals surface area contributed by atoms with E-state index in [1.807, 2.05) is 13.8 Å². The first kappa shape index (κ1) is 17.0. The average molecular weight is 298 g/mol. The molecule has 0 saturated heterocycles. The van der Waals surface area contributed by atoms with E-state index in [1.165, 1.54) is 0 Å². The van der Waals surface area contributed by atoms with Gasteiger partial charge in [0, 0.05) is 18.5 Å². The molecule has 0 amide bonds. The molecule has 112 valence electrons. The number of nitrogens with zero attached hydrogens (tertiary/aromatic N) is 1. The number of hydrogen-bond donors (Lipinski definition) is 0. The third-order valence-corrected chi connectivity index (χ3v) is 3.46. The van der Waals surface area contributed by atoms with Gasteiger partial charge in [0.2, 0.25) is 0 Å². The van der Waals surface area contributed by atoms with E-state index in [-0.39, 0.29) is 11.9 Å². The van der Waals surface area contributed by atoms with E-state index in [1.54, 1.807) is 18.2 Å². The highest BCUT2D eigenvalue weighted by atomic mass is 35.5. The van der Waals surface area contributed by atoms with Crippen LogP contribution in [0, 0.1) is 0 Å². The fraction of sp³-hybridized carbons (Fsp3) is 0.562. The third-order valence-electron chi connectivity index (χ3n) is 3.17. The Bertz CT molecular complexity index is 442. The lowest BCUT2D eigenvalue weighted by Gasteiger charge is -2.17. The van der Waals surface area contributed by atoms with Crippen LogP contribution in [0.5, 0.6) is 5.75 Å². The summed E-state index contributed by atoms with van der Waals surface area (Å²) in [6.45, 7) is 10.8. The van der Waals surface area contributed by atoms with Gasteiger partial charge in [0.05, 0.1) is 11.1 Å². The lowest BCUT2D eigenvalue weighted by Crippen LogP contribution is -2.25. The standard InChI is InChI=1S/C16H24ClNO2/c1-5-18(6-2)10-9-15(19)13-7-8-16(14(17)11-13)20-12(3)4/h7-8,11-12H,5-6,9-10H2,1-4H3. The minimum absolute atomic E-state index is 0.0664. The fourth-order valence-electron chi connectivity index (χ4n) is 1.97. The Labute approximate surface area is 126 Å². The van der Waals surface area contributed by atoms with Gasteiger partial charge in [-0.3, -0.25) is 4.79 Å². The fourth-order valence-corrected chi connectivity index (χ4v) is 2.19. The Morgan fingerprint density at radius 3 is 2.45 bits per heavy atom. The molecule has 0 N–H and O–H groups in total. The van der Waals surface area contributed by atoms with E-state index in [0.29, 0.717) is 22.8 Å². The van der Waals surface area contributed by atoms with Crippen LogP contribution in [0.3, 0.4) is 0 Å². The smallest absolute Gasteiger partial charge is 0.164 e. The van der Waals surface area contributed by atoms with Crippen LogP contribution in [-0.4, -0.2) is 36.4 Å². The predicted molar refractivity (Wildman–Crippen MR) is 84.0 cm³/mol. The number of hydrogen-bond acceptors (Lipinski definition) is 3. The monoisotopic (exact) mass is 297 g/mol. The first-order valence-electron chi connectivity index (χ1n) is 7.19. The van der Waals surface area contributed by atoms with Gasteiger partial charge in [-0.25, -0.2) is 0 Å². The topological polar surface area (TPSA) is 29.5 Å². The maximum atomic E-state index is 12.1. The molecule has 0 aliphatic carbocycles. The van der Waals surface area contributed by atoms with Gasteiger partial charge in [0.15, 0.2) is 5.78 Å². The Kier molecular flexibility index (Phi) is 7.03. The van der Waals surface area contributed by atoms with Gasteiger partial charge < -0.3 is 9.64 Å². The lowest BCUT2D eigenvalue weighted by molar-refractivity contribution is 0.0966. The average Bonchev–Trinajstić information content (AvgIpc) is 2.41. The molecule has 4 heteroatoms. The third kappa shape index (κ3) is 5.14. The molecule has 0 aliphatic heterocycles. The lowest BCUT2D eigenvalue weighted by atomic mass is 10.1. The molecule has 0 saturated carbocycles. The van der Waals surface area contributed by atoms with Crippen LogP contribution in [0.25, 0.3) is 0 Å². The van der Waals surface area contributed by atoms with E-state index in [2.05, 4.69) is 18.7 Å². The molecule has 0 fully saturated rings. The molecular formula is C16H24ClNO2. The maximum Gasteiger partial charge on any atom is 0.164 e. The normalized spacial score (nSPS) is 11.2. The summed E-state index contributed by atoms with van der Waals surface area (Å²) in [5, 5.41) is 0.493. The number of benzene rings is 1. The molecule has 1 rings (SSSR count). The summed E-state index contributed by atoms with van der Waals surface area (Å²) in [5.74, 6) is 0.747. The summed E-state index contributed by atoms with van der Waals surface area (Å²) in [5.41, 5.74) is 0.651. The van der Waals surface area contributed by atoms with Crippen LogP contribution in [0.1, 0.15) is 44.5 Å². The van der Waals surface area contributed by atoms with E-state index >= 15 is 0 Å². The molecule has 3 nitrogen and oxygen atoms in total. The molecule has 20 heavy (non-hydrogen) atoms. The Morgan fingerprint density at radius 1 is 1.30 bits per heavy atom. The van der Waals surface area contributed by atoms with Crippen molar-refractivity contribution in [2.45, 2.75) is 40.2 Å². The number of Topliss-reactive ketones (excluding diaryl/α,β-unsaturated/α-hetero) is 1. The zero-order chi connectivity index (χ0) is 15.1. The molecule has 0 unspecified atom stereocenters. The van der Waals surface area contributed by atoms with Crippen molar-refractivity contribution in [3.05, 3.63) is 28.8 Å². The van der Waals surface area contributed by atoms with E-state index in [9.17, 15) is 4.79 Å². The molecule has 1 aromatic carbocycles. The summed E-state index contributed by atoms with van der Waals surface area (Å²) in [6, 6.07) is 5.25. The highest BCUT2D eigenvalue weighted by Crippen LogP contribution is 2.26. The number of ether oxygens (including phenoxy) is 1. The van der Waals surface area contributed by atoms with Crippen molar-refractivity contribution in [1.82, 2.24) is 4.90 Å². The van der Waals surface area contributed by atoms with E-state index in [0.717, 1.165) is 19.6 Å². The van der Waals surface area contributed by atoms with Gasteiger partial charge in [-0.15, -0.1) is 0 Å². The van der Waals surface area contributed by atoms with Crippen LogP contribution in [0.15, 0.2) is 18.2 Å². The van der Waals surface area contributed by atoms with Gasteiger partial charge in [0.25, 0.3) is 0 Å². The molecule has 0 bridgehead atoms. The highest BCUT2D eigenvalue weighted by molar-refractivity contribution is 6.32. The number of rotatable bonds is 8. The minimum Gasteiger partial charge on any atom is -0.489 e. The molecular weight excluding hydrogens is 274 g/mol. The molecule has 0 atom stereocenters. The van der Waals surface area contributed by atoms with Crippen LogP contribution in [-0.2, 0) is 0 Å². The highest BCUT2D eigenvalue weighted by Gasteiger charge is 2.11. The van der Waals surface area contributed by atoms with Gasteiger partial charge in [-0.1, -0.05) is 25.4 Å². The number of halogens is 1. The Hall–Kier alpha value is -1.06. The zero-order valence-corrected chi connectivity index (χ0v) is 13.5. The van der Waals surface area contributed by atoms with Crippen molar-refractivity contribution >= 4 is 17.4 Å². The summed E-state index contributed by atoms with van der Waals surface area (Å²) < 4.78 is 5.56. The minimum atomic E-state index is 0.0664. The van der Waals surface area contributed by atoms with Crippen LogP contribution in [0.4, 0.5) is 0 Å². The molecule has 0 radical (unpaired) electrons. The van der Waals surface area contributed by atoms with Crippen molar-refractivity contribution in [3.8, 4) is 5.75 Å². The largest absolute Gasteiger partial charge is 0.489 e. The number of carbonyl (C=O) groups excluding carboxylic acids is 1. The maximum absolute atomic E-state index is 12.1. The molecule has 0 aromatic heterocycles. The summed E-state index contributed by atoms with van der Waals surface area (Å²) in [6.07, 6.45) is 0.583. The summed E-state index contributed by atoms with van der Waals surface area (Å²) in [7, 11) is 0. The van der Waals surface area contributed by atoms with Crippen LogP contribution >= 0.6 is 11.6 Å². The van der Waals surface area contributed by atoms with Gasteiger partial charge in [-0.2, -0.15) is 0 Å². The first-order chi connectivity index (χ1) is 9.47. The van der Waals surface area contributed by atoms with Crippen molar-refractivity contribution in [1.29, 1.82) is 0 Å². The number of carbonyl (C=O) groups is 1. The van der Waals surface area contributed by atoms with E-state index < -0.39 is 0 Å². The Morgan fingerprint density at radius 2 is 1.95 bits per heavy atom. The van der Waals surface area contributed by atoms with Gasteiger partial charge >= 0.3 is 0 Å². The summed E-state index contributed by atoms with van der Waals surface area (Å²) in [4.78, 5) is 14.4. The SMILES string of the molecule is CCN(CC)CCC(=O)c1ccc(OC(C)C)c(Cl)c1. The van der Waals surface area contributed by atoms with Crippen molar-refractivity contribution in [2.24, 2.45) is 0 Å². The van der Waals surface area contributed by atoms with Gasteiger partial charge in [0.1, 0.15) is 5.75 Å². The van der Waals surface area contributed by atoms with Gasteiger partial charge in [-0.05, 0) is 45.1 Å². The van der Waals surface area contributed by atoms with Crippen molar-refractivity contribution in [3.63, 3.8) is 0 Å². The predicted octanol–water partition coefficient (Wildman–Crippen LogP) is 4.04. The Balaban J connectivity index is 2.67. The molecule has 1 aromatic rings. The second-order valence-electron chi connectivity index (χ2n) is 5.01. The summed E-state index contributed by atoms with van der Waals surface area (Å²) >= 11 is 6.15. The number of ketones is 1. The molecule has 0 heterocycles. The molecule has 0 spiro atoms. The van der Waals surface area contributed by atoms with Crippen LogP contribution < -0.4 is 4.74 Å². The second-order valence-corrected chi connectivity index (χ2v) is 5.42. The quantitative estimate of drug-likeness (QED) is 0.678.